The van der Waals surface area contributed by atoms with Crippen molar-refractivity contribution in [2.24, 2.45) is 0 Å². The van der Waals surface area contributed by atoms with E-state index in [1.165, 1.54) is 0 Å². The van der Waals surface area contributed by atoms with Crippen LogP contribution >= 0.6 is 0 Å². The molecule has 0 bridgehead atoms. The van der Waals surface area contributed by atoms with E-state index in [0.29, 0.717) is 6.54 Å². The number of carboxylic acid groups (broad SMARTS) is 1. The molecule has 2 N–H and O–H groups in total. The van der Waals surface area contributed by atoms with E-state index in [0.717, 1.165) is 25.1 Å². The number of halogens is 2. The maximum absolute atomic E-state index is 13.5. The van der Waals surface area contributed by atoms with Gasteiger partial charge in [0.25, 0.3) is 0 Å². The first-order valence-electron chi connectivity index (χ1n) is 5.52. The van der Waals surface area contributed by atoms with E-state index >= 15 is 0 Å². The third-order valence-electron chi connectivity index (χ3n) is 2.37. The van der Waals surface area contributed by atoms with Gasteiger partial charge in [-0.15, -0.1) is 0 Å². The van der Waals surface area contributed by atoms with Crippen molar-refractivity contribution in [1.82, 2.24) is 4.90 Å². The first kappa shape index (κ1) is 14.4. The summed E-state index contributed by atoms with van der Waals surface area (Å²) >= 11 is 0. The Morgan fingerprint density at radius 1 is 1.33 bits per heavy atom. The SMILES string of the molecule is CN(C)CCCNc1c(F)cc(C(=O)O)cc1F. The summed E-state index contributed by atoms with van der Waals surface area (Å²) in [4.78, 5) is 12.6. The summed E-state index contributed by atoms with van der Waals surface area (Å²) in [5.74, 6) is -3.14. The van der Waals surface area contributed by atoms with Crippen molar-refractivity contribution in [3.63, 3.8) is 0 Å². The number of anilines is 1. The Morgan fingerprint density at radius 2 is 1.89 bits per heavy atom. The normalized spacial score (nSPS) is 10.7. The smallest absolute Gasteiger partial charge is 0.335 e. The average Bonchev–Trinajstić information content (AvgIpc) is 2.26. The minimum Gasteiger partial charge on any atom is -0.478 e. The second-order valence-electron chi connectivity index (χ2n) is 4.20. The molecular formula is C12H16F2N2O2. The Bertz CT molecular complexity index is 413. The van der Waals surface area contributed by atoms with Gasteiger partial charge in [0.05, 0.1) is 5.56 Å². The molecule has 0 amide bonds. The Labute approximate surface area is 104 Å². The van der Waals surface area contributed by atoms with Gasteiger partial charge in [-0.1, -0.05) is 0 Å². The lowest BCUT2D eigenvalue weighted by molar-refractivity contribution is 0.0696. The minimum absolute atomic E-state index is 0.279. The quantitative estimate of drug-likeness (QED) is 0.767. The van der Waals surface area contributed by atoms with Gasteiger partial charge in [0.2, 0.25) is 0 Å². The number of nitrogens with one attached hydrogen (secondary N) is 1. The van der Waals surface area contributed by atoms with E-state index in [1.54, 1.807) is 0 Å². The number of nitrogens with zero attached hydrogens (tertiary/aromatic N) is 1. The molecule has 0 saturated heterocycles. The maximum atomic E-state index is 13.5. The van der Waals surface area contributed by atoms with Gasteiger partial charge in [-0.05, 0) is 39.2 Å². The molecule has 0 spiro atoms. The molecule has 0 aliphatic heterocycles. The summed E-state index contributed by atoms with van der Waals surface area (Å²) in [6.45, 7) is 1.21. The first-order valence-corrected chi connectivity index (χ1v) is 5.52. The van der Waals surface area contributed by atoms with Crippen molar-refractivity contribution in [2.45, 2.75) is 6.42 Å². The lowest BCUT2D eigenvalue weighted by Gasteiger charge is -2.12. The third-order valence-corrected chi connectivity index (χ3v) is 2.37. The van der Waals surface area contributed by atoms with Crippen LogP contribution in [0.4, 0.5) is 14.5 Å². The summed E-state index contributed by atoms with van der Waals surface area (Å²) in [5, 5.41) is 11.3. The molecule has 1 aromatic carbocycles. The molecule has 0 aromatic heterocycles. The summed E-state index contributed by atoms with van der Waals surface area (Å²) < 4.78 is 27.0. The number of hydrogen-bond donors (Lipinski definition) is 2. The highest BCUT2D eigenvalue weighted by Crippen LogP contribution is 2.20. The predicted molar refractivity (Wildman–Crippen MR) is 65.0 cm³/mol. The molecular weight excluding hydrogens is 242 g/mol. The van der Waals surface area contributed by atoms with Gasteiger partial charge in [-0.25, -0.2) is 13.6 Å². The maximum Gasteiger partial charge on any atom is 0.335 e. The van der Waals surface area contributed by atoms with Crippen LogP contribution in [0.2, 0.25) is 0 Å². The van der Waals surface area contributed by atoms with Crippen molar-refractivity contribution in [1.29, 1.82) is 0 Å². The molecule has 0 aliphatic rings. The molecule has 6 heteroatoms. The van der Waals surface area contributed by atoms with E-state index in [9.17, 15) is 13.6 Å². The summed E-state index contributed by atoms with van der Waals surface area (Å²) in [5.41, 5.74) is -0.678. The molecule has 1 rings (SSSR count). The zero-order valence-electron chi connectivity index (χ0n) is 10.3. The summed E-state index contributed by atoms with van der Waals surface area (Å²) in [6, 6.07) is 1.61. The molecule has 100 valence electrons. The van der Waals surface area contributed by atoms with Gasteiger partial charge >= 0.3 is 5.97 Å². The molecule has 0 fully saturated rings. The molecule has 0 saturated carbocycles. The van der Waals surface area contributed by atoms with Gasteiger partial charge in [-0.3, -0.25) is 0 Å². The largest absolute Gasteiger partial charge is 0.478 e. The van der Waals surface area contributed by atoms with E-state index in [4.69, 9.17) is 5.11 Å². The Balaban J connectivity index is 2.69. The van der Waals surface area contributed by atoms with Gasteiger partial charge in [0, 0.05) is 6.54 Å². The third kappa shape index (κ3) is 3.96. The minimum atomic E-state index is -1.35. The topological polar surface area (TPSA) is 52.6 Å². The van der Waals surface area contributed by atoms with Gasteiger partial charge in [-0.2, -0.15) is 0 Å². The van der Waals surface area contributed by atoms with Crippen molar-refractivity contribution < 1.29 is 18.7 Å². The van der Waals surface area contributed by atoms with Crippen molar-refractivity contribution in [2.75, 3.05) is 32.5 Å². The number of aromatic carboxylic acids is 1. The van der Waals surface area contributed by atoms with E-state index < -0.39 is 23.2 Å². The first-order chi connectivity index (χ1) is 8.41. The van der Waals surface area contributed by atoms with Crippen LogP contribution in [0.5, 0.6) is 0 Å². The van der Waals surface area contributed by atoms with Crippen molar-refractivity contribution in [3.8, 4) is 0 Å². The molecule has 4 nitrogen and oxygen atoms in total. The molecule has 1 aromatic rings. The highest BCUT2D eigenvalue weighted by Gasteiger charge is 2.14. The average molecular weight is 258 g/mol. The summed E-state index contributed by atoms with van der Waals surface area (Å²) in [6.07, 6.45) is 0.729. The van der Waals surface area contributed by atoms with E-state index in [1.807, 2.05) is 19.0 Å². The van der Waals surface area contributed by atoms with Crippen LogP contribution in [-0.4, -0.2) is 43.2 Å². The van der Waals surface area contributed by atoms with Gasteiger partial charge in [0.15, 0.2) is 0 Å². The van der Waals surface area contributed by atoms with Crippen LogP contribution in [0.3, 0.4) is 0 Å². The fourth-order valence-electron chi connectivity index (χ4n) is 1.47. The zero-order valence-corrected chi connectivity index (χ0v) is 10.3. The predicted octanol–water partition coefficient (Wildman–Crippen LogP) is 2.03. The Morgan fingerprint density at radius 3 is 2.33 bits per heavy atom. The standard InChI is InChI=1S/C12H16F2N2O2/c1-16(2)5-3-4-15-11-9(13)6-8(12(17)18)7-10(11)14/h6-7,15H,3-5H2,1-2H3,(H,17,18). The Kier molecular flexibility index (Phi) is 5.03. The second kappa shape index (κ2) is 6.30. The molecule has 0 radical (unpaired) electrons. The Hall–Kier alpha value is -1.69. The van der Waals surface area contributed by atoms with Crippen molar-refractivity contribution >= 4 is 11.7 Å². The van der Waals surface area contributed by atoms with Crippen LogP contribution in [0, 0.1) is 11.6 Å². The van der Waals surface area contributed by atoms with Crippen LogP contribution in [-0.2, 0) is 0 Å². The van der Waals surface area contributed by atoms with Crippen LogP contribution in [0.25, 0.3) is 0 Å². The fourth-order valence-corrected chi connectivity index (χ4v) is 1.47. The van der Waals surface area contributed by atoms with Crippen LogP contribution in [0.1, 0.15) is 16.8 Å². The van der Waals surface area contributed by atoms with Crippen molar-refractivity contribution in [3.05, 3.63) is 29.3 Å². The van der Waals surface area contributed by atoms with Gasteiger partial charge < -0.3 is 15.3 Å². The molecule has 0 atom stereocenters. The fraction of sp³-hybridized carbons (Fsp3) is 0.417. The number of carboxylic acids is 1. The second-order valence-corrected chi connectivity index (χ2v) is 4.20. The number of carbonyl (C=O) groups is 1. The molecule has 18 heavy (non-hydrogen) atoms. The highest BCUT2D eigenvalue weighted by molar-refractivity contribution is 5.88. The molecule has 0 aliphatic carbocycles. The van der Waals surface area contributed by atoms with Gasteiger partial charge in [0.1, 0.15) is 17.3 Å². The number of rotatable bonds is 6. The zero-order chi connectivity index (χ0) is 13.7. The summed E-state index contributed by atoms with van der Waals surface area (Å²) in [7, 11) is 3.81. The lowest BCUT2D eigenvalue weighted by atomic mass is 10.2. The molecule has 0 heterocycles. The van der Waals surface area contributed by atoms with E-state index in [-0.39, 0.29) is 5.69 Å². The van der Waals surface area contributed by atoms with Crippen LogP contribution in [0.15, 0.2) is 12.1 Å². The number of hydrogen-bond acceptors (Lipinski definition) is 3. The molecule has 0 unspecified atom stereocenters. The lowest BCUT2D eigenvalue weighted by Crippen LogP contribution is -2.17. The van der Waals surface area contributed by atoms with Crippen LogP contribution < -0.4 is 5.32 Å². The monoisotopic (exact) mass is 258 g/mol. The number of benzene rings is 1. The van der Waals surface area contributed by atoms with E-state index in [2.05, 4.69) is 5.32 Å². The highest BCUT2D eigenvalue weighted by atomic mass is 19.1.